The van der Waals surface area contributed by atoms with E-state index in [0.29, 0.717) is 11.3 Å². The molecule has 2 aromatic carbocycles. The second-order valence-electron chi connectivity index (χ2n) is 7.98. The molecule has 0 fully saturated rings. The quantitative estimate of drug-likeness (QED) is 0.429. The summed E-state index contributed by atoms with van der Waals surface area (Å²) >= 11 is 0. The van der Waals surface area contributed by atoms with Gasteiger partial charge in [0, 0.05) is 23.2 Å². The number of benzene rings is 2. The third-order valence-electron chi connectivity index (χ3n) is 4.33. The van der Waals surface area contributed by atoms with Gasteiger partial charge in [0.15, 0.2) is 11.5 Å². The van der Waals surface area contributed by atoms with Gasteiger partial charge in [-0.3, -0.25) is 14.9 Å². The topological polar surface area (TPSA) is 137 Å². The lowest BCUT2D eigenvalue weighted by molar-refractivity contribution is -0.385. The van der Waals surface area contributed by atoms with Gasteiger partial charge in [-0.25, -0.2) is 13.1 Å². The van der Waals surface area contributed by atoms with Crippen molar-refractivity contribution in [3.8, 4) is 11.5 Å². The van der Waals surface area contributed by atoms with Crippen LogP contribution in [-0.2, 0) is 16.4 Å². The molecule has 10 nitrogen and oxygen atoms in total. The number of hydrogen-bond acceptors (Lipinski definition) is 7. The maximum absolute atomic E-state index is 12.4. The zero-order valence-corrected chi connectivity index (χ0v) is 19.4. The molecule has 0 radical (unpaired) electrons. The van der Waals surface area contributed by atoms with Crippen LogP contribution in [-0.4, -0.2) is 45.6 Å². The molecule has 2 rings (SSSR count). The van der Waals surface area contributed by atoms with Gasteiger partial charge in [-0.15, -0.1) is 0 Å². The van der Waals surface area contributed by atoms with Gasteiger partial charge in [0.1, 0.15) is 0 Å². The highest BCUT2D eigenvalue weighted by Crippen LogP contribution is 2.34. The number of sulfonamides is 1. The first kappa shape index (κ1) is 25.1. The predicted molar refractivity (Wildman–Crippen MR) is 119 cm³/mol. The van der Waals surface area contributed by atoms with Crippen molar-refractivity contribution in [1.82, 2.24) is 10.0 Å². The van der Waals surface area contributed by atoms with Crippen molar-refractivity contribution in [2.75, 3.05) is 20.8 Å². The van der Waals surface area contributed by atoms with Crippen molar-refractivity contribution in [2.45, 2.75) is 37.6 Å². The van der Waals surface area contributed by atoms with E-state index in [1.807, 2.05) is 0 Å². The Kier molecular flexibility index (Phi) is 7.81. The van der Waals surface area contributed by atoms with Gasteiger partial charge in [-0.2, -0.15) is 0 Å². The number of carbonyl (C=O) groups excluding carboxylic acids is 1. The van der Waals surface area contributed by atoms with Crippen LogP contribution in [0.5, 0.6) is 11.5 Å². The van der Waals surface area contributed by atoms with Crippen LogP contribution in [0.4, 0.5) is 5.69 Å². The van der Waals surface area contributed by atoms with Crippen molar-refractivity contribution >= 4 is 21.6 Å². The SMILES string of the molecule is COc1cc(CCNC(=O)c2ccc(S(=O)(=O)NC(C)(C)C)cc2)c([N+](=O)[O-])cc1OC. The fourth-order valence-electron chi connectivity index (χ4n) is 2.94. The van der Waals surface area contributed by atoms with Crippen LogP contribution < -0.4 is 19.5 Å². The van der Waals surface area contributed by atoms with Gasteiger partial charge in [-0.05, 0) is 57.5 Å². The lowest BCUT2D eigenvalue weighted by atomic mass is 10.1. The summed E-state index contributed by atoms with van der Waals surface area (Å²) in [5.41, 5.74) is -0.135. The average Bonchev–Trinajstić information content (AvgIpc) is 2.71. The molecular weight excluding hydrogens is 438 g/mol. The van der Waals surface area contributed by atoms with Crippen LogP contribution >= 0.6 is 0 Å². The van der Waals surface area contributed by atoms with Gasteiger partial charge in [0.25, 0.3) is 11.6 Å². The van der Waals surface area contributed by atoms with Crippen LogP contribution in [0.1, 0.15) is 36.7 Å². The minimum Gasteiger partial charge on any atom is -0.493 e. The van der Waals surface area contributed by atoms with Gasteiger partial charge in [0.05, 0.1) is 30.1 Å². The molecule has 0 atom stereocenters. The van der Waals surface area contributed by atoms with E-state index in [0.717, 1.165) is 0 Å². The maximum atomic E-state index is 12.4. The van der Waals surface area contributed by atoms with E-state index in [4.69, 9.17) is 9.47 Å². The number of nitro groups is 1. The first-order chi connectivity index (χ1) is 14.9. The fraction of sp³-hybridized carbons (Fsp3) is 0.381. The van der Waals surface area contributed by atoms with E-state index in [2.05, 4.69) is 10.0 Å². The van der Waals surface area contributed by atoms with E-state index in [9.17, 15) is 23.3 Å². The van der Waals surface area contributed by atoms with Gasteiger partial charge in [-0.1, -0.05) is 0 Å². The van der Waals surface area contributed by atoms with Crippen molar-refractivity contribution in [3.63, 3.8) is 0 Å². The molecule has 11 heteroatoms. The van der Waals surface area contributed by atoms with E-state index in [1.54, 1.807) is 20.8 Å². The number of ether oxygens (including phenoxy) is 2. The largest absolute Gasteiger partial charge is 0.493 e. The number of rotatable bonds is 9. The molecule has 0 saturated heterocycles. The lowest BCUT2D eigenvalue weighted by Crippen LogP contribution is -2.40. The Balaban J connectivity index is 2.08. The third kappa shape index (κ3) is 6.41. The van der Waals surface area contributed by atoms with Crippen LogP contribution in [0, 0.1) is 10.1 Å². The summed E-state index contributed by atoms with van der Waals surface area (Å²) in [5, 5.41) is 14.1. The summed E-state index contributed by atoms with van der Waals surface area (Å²) in [6.07, 6.45) is 0.185. The first-order valence-electron chi connectivity index (χ1n) is 9.69. The summed E-state index contributed by atoms with van der Waals surface area (Å²) < 4.78 is 37.5. The highest BCUT2D eigenvalue weighted by Gasteiger charge is 2.22. The smallest absolute Gasteiger partial charge is 0.276 e. The molecule has 0 aromatic heterocycles. The molecule has 2 aromatic rings. The number of methoxy groups -OCH3 is 2. The molecule has 1 amide bonds. The second kappa shape index (κ2) is 9.96. The number of nitrogens with zero attached hydrogens (tertiary/aromatic N) is 1. The van der Waals surface area contributed by atoms with Gasteiger partial charge < -0.3 is 14.8 Å². The number of carbonyl (C=O) groups is 1. The summed E-state index contributed by atoms with van der Waals surface area (Å²) in [6.45, 7) is 5.32. The van der Waals surface area contributed by atoms with Crippen molar-refractivity contribution in [2.24, 2.45) is 0 Å². The van der Waals surface area contributed by atoms with Crippen LogP contribution in [0.15, 0.2) is 41.3 Å². The highest BCUT2D eigenvalue weighted by atomic mass is 32.2. The summed E-state index contributed by atoms with van der Waals surface area (Å²) in [4.78, 5) is 23.3. The van der Waals surface area contributed by atoms with Crippen LogP contribution in [0.25, 0.3) is 0 Å². The Bertz CT molecular complexity index is 1090. The fourth-order valence-corrected chi connectivity index (χ4v) is 4.36. The number of nitrogens with one attached hydrogen (secondary N) is 2. The Morgan fingerprint density at radius 1 is 1.06 bits per heavy atom. The van der Waals surface area contributed by atoms with Crippen molar-refractivity contribution in [1.29, 1.82) is 0 Å². The summed E-state index contributed by atoms with van der Waals surface area (Å²) in [7, 11) is -0.894. The minimum absolute atomic E-state index is 0.0462. The Morgan fingerprint density at radius 2 is 1.62 bits per heavy atom. The summed E-state index contributed by atoms with van der Waals surface area (Å²) in [6, 6.07) is 8.30. The number of nitro benzene ring substituents is 1. The second-order valence-corrected chi connectivity index (χ2v) is 9.66. The summed E-state index contributed by atoms with van der Waals surface area (Å²) in [5.74, 6) is 0.156. The molecule has 0 unspecified atom stereocenters. The minimum atomic E-state index is -3.71. The Hall–Kier alpha value is -3.18. The molecule has 0 heterocycles. The van der Waals surface area contributed by atoms with Gasteiger partial charge in [0.2, 0.25) is 10.0 Å². The molecule has 0 aliphatic rings. The molecule has 2 N–H and O–H groups in total. The molecule has 0 spiro atoms. The lowest BCUT2D eigenvalue weighted by Gasteiger charge is -2.20. The maximum Gasteiger partial charge on any atom is 0.276 e. The number of amides is 1. The standard InChI is InChI=1S/C21H27N3O7S/c1-21(2,3)23-32(28,29)16-8-6-14(7-9-16)20(25)22-11-10-15-12-18(30-4)19(31-5)13-17(15)24(26)27/h6-9,12-13,23H,10-11H2,1-5H3,(H,22,25). The van der Waals surface area contributed by atoms with E-state index < -0.39 is 26.4 Å². The normalized spacial score (nSPS) is 11.7. The molecule has 174 valence electrons. The molecular formula is C21H27N3O7S. The van der Waals surface area contributed by atoms with E-state index >= 15 is 0 Å². The Morgan fingerprint density at radius 3 is 2.12 bits per heavy atom. The zero-order valence-electron chi connectivity index (χ0n) is 18.6. The molecule has 32 heavy (non-hydrogen) atoms. The molecule has 0 saturated carbocycles. The van der Waals surface area contributed by atoms with Crippen LogP contribution in [0.3, 0.4) is 0 Å². The monoisotopic (exact) mass is 465 g/mol. The highest BCUT2D eigenvalue weighted by molar-refractivity contribution is 7.89. The van der Waals surface area contributed by atoms with E-state index in [-0.39, 0.29) is 34.9 Å². The molecule has 0 aliphatic heterocycles. The van der Waals surface area contributed by atoms with Crippen molar-refractivity contribution < 1.29 is 27.6 Å². The van der Waals surface area contributed by atoms with Gasteiger partial charge >= 0.3 is 0 Å². The number of hydrogen-bond donors (Lipinski definition) is 2. The third-order valence-corrected chi connectivity index (χ3v) is 6.10. The van der Waals surface area contributed by atoms with Crippen molar-refractivity contribution in [3.05, 3.63) is 57.6 Å². The van der Waals surface area contributed by atoms with E-state index in [1.165, 1.54) is 50.6 Å². The average molecular weight is 466 g/mol. The molecule has 0 aliphatic carbocycles. The molecule has 0 bridgehead atoms. The van der Waals surface area contributed by atoms with Crippen LogP contribution in [0.2, 0.25) is 0 Å². The Labute approximate surface area is 187 Å². The first-order valence-corrected chi connectivity index (χ1v) is 11.2. The zero-order chi connectivity index (χ0) is 24.1. The predicted octanol–water partition coefficient (Wildman–Crippen LogP) is 2.66.